The Morgan fingerprint density at radius 1 is 1.00 bits per heavy atom. The van der Waals surface area contributed by atoms with Gasteiger partial charge >= 0.3 is 8.60 Å². The van der Waals surface area contributed by atoms with Crippen LogP contribution in [0.4, 0.5) is 0 Å². The summed E-state index contributed by atoms with van der Waals surface area (Å²) in [5.41, 5.74) is 0. The first-order chi connectivity index (χ1) is 4.23. The lowest BCUT2D eigenvalue weighted by Gasteiger charge is -1.76. The molecule has 0 aromatic carbocycles. The van der Waals surface area contributed by atoms with Crippen LogP contribution in [0.25, 0.3) is 0 Å². The Labute approximate surface area is 55.5 Å². The summed E-state index contributed by atoms with van der Waals surface area (Å²) in [6, 6.07) is 0. The number of hydrogen-bond donors (Lipinski definition) is 4. The van der Waals surface area contributed by atoms with Crippen LogP contribution < -0.4 is 5.32 Å². The van der Waals surface area contributed by atoms with Crippen molar-refractivity contribution < 1.29 is 14.7 Å². The van der Waals surface area contributed by atoms with Gasteiger partial charge in [0.25, 0.3) is 0 Å². The topological polar surface area (TPSA) is 72.7 Å². The van der Waals surface area contributed by atoms with Crippen molar-refractivity contribution in [3.05, 3.63) is 0 Å². The van der Waals surface area contributed by atoms with E-state index in [-0.39, 0.29) is 0 Å². The van der Waals surface area contributed by atoms with Crippen molar-refractivity contribution in [3.63, 3.8) is 0 Å². The van der Waals surface area contributed by atoms with Crippen LogP contribution in [0.5, 0.6) is 0 Å². The van der Waals surface area contributed by atoms with Crippen molar-refractivity contribution in [1.29, 1.82) is 0 Å². The lowest BCUT2D eigenvalue weighted by Crippen LogP contribution is -2.03. The third kappa shape index (κ3) is 11.7. The van der Waals surface area contributed by atoms with Gasteiger partial charge in [-0.1, -0.05) is 0 Å². The van der Waals surface area contributed by atoms with Gasteiger partial charge in [0.2, 0.25) is 0 Å². The highest BCUT2D eigenvalue weighted by Gasteiger charge is 1.93. The van der Waals surface area contributed by atoms with Gasteiger partial charge in [-0.3, -0.25) is 0 Å². The number of rotatable bonds is 0. The minimum Gasteiger partial charge on any atom is -0.328 e. The summed E-state index contributed by atoms with van der Waals surface area (Å²) in [7, 11) is -2.62. The van der Waals surface area contributed by atoms with Crippen LogP contribution in [0.2, 0.25) is 0 Å². The first-order valence-electron chi connectivity index (χ1n) is 2.81. The maximum absolute atomic E-state index is 7.23. The fraction of sp³-hybridized carbons (Fsp3) is 1.00. The molecule has 1 saturated heterocycles. The molecule has 5 heteroatoms. The number of hydrogen-bond acceptors (Lipinski definition) is 4. The van der Waals surface area contributed by atoms with Gasteiger partial charge in [-0.25, -0.2) is 0 Å². The molecule has 4 nitrogen and oxygen atoms in total. The van der Waals surface area contributed by atoms with E-state index in [0.717, 1.165) is 0 Å². The van der Waals surface area contributed by atoms with Gasteiger partial charge in [0.05, 0.1) is 0 Å². The molecule has 1 rings (SSSR count). The summed E-state index contributed by atoms with van der Waals surface area (Å²) >= 11 is 0. The average Bonchev–Trinajstić information content (AvgIpc) is 2.11. The Balaban J connectivity index is 0.000000148. The maximum Gasteiger partial charge on any atom is 0.324 e. The van der Waals surface area contributed by atoms with Crippen LogP contribution in [-0.2, 0) is 0 Å². The normalized spacial score (nSPS) is 17.3. The van der Waals surface area contributed by atoms with E-state index in [9.17, 15) is 0 Å². The van der Waals surface area contributed by atoms with Crippen LogP contribution in [0.15, 0.2) is 0 Å². The molecule has 56 valence electrons. The highest BCUT2D eigenvalue weighted by molar-refractivity contribution is 7.38. The number of nitrogens with one attached hydrogen (secondary N) is 1. The molecule has 0 spiro atoms. The molecule has 0 radical (unpaired) electrons. The lowest BCUT2D eigenvalue weighted by molar-refractivity contribution is 0.368. The summed E-state index contributed by atoms with van der Waals surface area (Å²) < 4.78 is 0. The molecule has 0 aromatic rings. The molecule has 1 aliphatic rings. The van der Waals surface area contributed by atoms with Crippen LogP contribution in [0.1, 0.15) is 12.8 Å². The highest BCUT2D eigenvalue weighted by atomic mass is 31.2. The van der Waals surface area contributed by atoms with Gasteiger partial charge in [0, 0.05) is 0 Å². The smallest absolute Gasteiger partial charge is 0.324 e. The average molecular weight is 153 g/mol. The van der Waals surface area contributed by atoms with Gasteiger partial charge in [0.1, 0.15) is 0 Å². The van der Waals surface area contributed by atoms with E-state index < -0.39 is 8.60 Å². The summed E-state index contributed by atoms with van der Waals surface area (Å²) in [5, 5.41) is 3.22. The third-order valence-corrected chi connectivity index (χ3v) is 0.957. The van der Waals surface area contributed by atoms with Gasteiger partial charge in [-0.15, -0.1) is 0 Å². The largest absolute Gasteiger partial charge is 0.328 e. The SMILES string of the molecule is C1CCNC1.OP(O)O. The first-order valence-corrected chi connectivity index (χ1v) is 4.01. The van der Waals surface area contributed by atoms with E-state index in [1.807, 2.05) is 0 Å². The van der Waals surface area contributed by atoms with E-state index in [1.54, 1.807) is 0 Å². The van der Waals surface area contributed by atoms with Crippen LogP contribution >= 0.6 is 8.60 Å². The fourth-order valence-corrected chi connectivity index (χ4v) is 0.625. The Kier molecular flexibility index (Phi) is 6.58. The molecule has 4 N–H and O–H groups in total. The van der Waals surface area contributed by atoms with Crippen molar-refractivity contribution >= 4 is 8.60 Å². The molecule has 0 atom stereocenters. The first kappa shape index (κ1) is 9.27. The molecule has 0 amide bonds. The predicted molar refractivity (Wildman–Crippen MR) is 35.7 cm³/mol. The standard InChI is InChI=1S/C4H9N.H3O3P/c1-2-4-5-3-1;1-4(2)3/h5H,1-4H2;1-3H. The highest BCUT2D eigenvalue weighted by Crippen LogP contribution is 2.11. The molecule has 1 aliphatic heterocycles. The second-order valence-electron chi connectivity index (χ2n) is 1.73. The minimum atomic E-state index is -2.62. The van der Waals surface area contributed by atoms with E-state index in [1.165, 1.54) is 25.9 Å². The monoisotopic (exact) mass is 153 g/mol. The van der Waals surface area contributed by atoms with Gasteiger partial charge in [0.15, 0.2) is 0 Å². The molecule has 0 aliphatic carbocycles. The Bertz CT molecular complexity index is 47.4. The molecular weight excluding hydrogens is 141 g/mol. The van der Waals surface area contributed by atoms with E-state index in [0.29, 0.717) is 0 Å². The van der Waals surface area contributed by atoms with Crippen molar-refractivity contribution in [2.45, 2.75) is 12.8 Å². The molecule has 0 bridgehead atoms. The van der Waals surface area contributed by atoms with E-state index in [4.69, 9.17) is 14.7 Å². The summed E-state index contributed by atoms with van der Waals surface area (Å²) in [5.74, 6) is 0. The fourth-order valence-electron chi connectivity index (χ4n) is 0.625. The molecular formula is C4H12NO3P. The molecule has 9 heavy (non-hydrogen) atoms. The zero-order chi connectivity index (χ0) is 7.11. The van der Waals surface area contributed by atoms with Crippen LogP contribution in [0, 0.1) is 0 Å². The van der Waals surface area contributed by atoms with Crippen molar-refractivity contribution in [3.8, 4) is 0 Å². The van der Waals surface area contributed by atoms with Crippen LogP contribution in [-0.4, -0.2) is 27.8 Å². The van der Waals surface area contributed by atoms with Gasteiger partial charge < -0.3 is 20.0 Å². The Morgan fingerprint density at radius 3 is 1.44 bits per heavy atom. The zero-order valence-electron chi connectivity index (χ0n) is 5.12. The van der Waals surface area contributed by atoms with Gasteiger partial charge in [-0.05, 0) is 25.9 Å². The maximum atomic E-state index is 7.23. The van der Waals surface area contributed by atoms with E-state index >= 15 is 0 Å². The Hall–Kier alpha value is 0.270. The summed E-state index contributed by atoms with van der Waals surface area (Å²) in [6.45, 7) is 2.50. The summed E-state index contributed by atoms with van der Waals surface area (Å²) in [4.78, 5) is 21.7. The molecule has 1 fully saturated rings. The molecule has 1 heterocycles. The molecule has 0 unspecified atom stereocenters. The molecule has 0 saturated carbocycles. The van der Waals surface area contributed by atoms with Crippen molar-refractivity contribution in [1.82, 2.24) is 5.32 Å². The Morgan fingerprint density at radius 2 is 1.33 bits per heavy atom. The molecule has 0 aromatic heterocycles. The van der Waals surface area contributed by atoms with Crippen molar-refractivity contribution in [2.24, 2.45) is 0 Å². The zero-order valence-corrected chi connectivity index (χ0v) is 6.01. The minimum absolute atomic E-state index is 1.25. The lowest BCUT2D eigenvalue weighted by atomic mass is 10.4. The van der Waals surface area contributed by atoms with Crippen molar-refractivity contribution in [2.75, 3.05) is 13.1 Å². The van der Waals surface area contributed by atoms with Gasteiger partial charge in [-0.2, -0.15) is 0 Å². The third-order valence-electron chi connectivity index (χ3n) is 0.957. The second kappa shape index (κ2) is 6.39. The second-order valence-corrected chi connectivity index (χ2v) is 2.26. The quantitative estimate of drug-likeness (QED) is 0.356. The van der Waals surface area contributed by atoms with Crippen LogP contribution in [0.3, 0.4) is 0 Å². The predicted octanol–water partition coefficient (Wildman–Crippen LogP) is -0.440. The summed E-state index contributed by atoms with van der Waals surface area (Å²) in [6.07, 6.45) is 2.78. The van der Waals surface area contributed by atoms with E-state index in [2.05, 4.69) is 5.32 Å².